The van der Waals surface area contributed by atoms with E-state index in [-0.39, 0.29) is 52.6 Å². The zero-order valence-electron chi connectivity index (χ0n) is 27.4. The van der Waals surface area contributed by atoms with E-state index in [1.807, 2.05) is 29.2 Å². The number of furan rings is 1. The lowest BCUT2D eigenvalue weighted by Gasteiger charge is -2.42. The Morgan fingerprint density at radius 1 is 0.955 bits per heavy atom. The molecule has 1 aliphatic carbocycles. The molecule has 0 bridgehead atoms. The normalized spacial score (nSPS) is 26.1. The zero-order valence-corrected chi connectivity index (χ0v) is 28.1. The fourth-order valence-corrected chi connectivity index (χ4v) is 7.61. The summed E-state index contributed by atoms with van der Waals surface area (Å²) < 4.78 is 5.30. The van der Waals surface area contributed by atoms with Gasteiger partial charge in [-0.3, -0.25) is 19.3 Å². The minimum atomic E-state index is -0.628. The van der Waals surface area contributed by atoms with Gasteiger partial charge >= 0.3 is 0 Å². The second kappa shape index (κ2) is 12.5. The highest BCUT2D eigenvalue weighted by atomic mass is 35.5. The van der Waals surface area contributed by atoms with Gasteiger partial charge in [-0.1, -0.05) is 37.6 Å². The van der Waals surface area contributed by atoms with Crippen molar-refractivity contribution in [1.82, 2.24) is 19.6 Å². The lowest BCUT2D eigenvalue weighted by atomic mass is 9.75. The van der Waals surface area contributed by atoms with Gasteiger partial charge in [0.05, 0.1) is 23.8 Å². The Hall–Kier alpha value is -2.84. The molecule has 9 heteroatoms. The molecule has 2 aromatic rings. The minimum absolute atomic E-state index is 0.0140. The largest absolute Gasteiger partial charge is 0.472 e. The van der Waals surface area contributed by atoms with Crippen LogP contribution in [0.15, 0.2) is 47.3 Å². The van der Waals surface area contributed by atoms with Crippen molar-refractivity contribution in [3.05, 3.63) is 59.0 Å². The van der Waals surface area contributed by atoms with E-state index in [1.54, 1.807) is 30.0 Å². The van der Waals surface area contributed by atoms with Gasteiger partial charge in [-0.05, 0) is 82.1 Å². The van der Waals surface area contributed by atoms with Crippen molar-refractivity contribution in [2.24, 2.45) is 11.3 Å². The van der Waals surface area contributed by atoms with Crippen LogP contribution in [-0.2, 0) is 9.59 Å². The van der Waals surface area contributed by atoms with Crippen LogP contribution in [-0.4, -0.2) is 94.7 Å². The Labute approximate surface area is 267 Å². The predicted molar refractivity (Wildman–Crippen MR) is 173 cm³/mol. The summed E-state index contributed by atoms with van der Waals surface area (Å²) in [6.45, 7) is 12.8. The highest BCUT2D eigenvalue weighted by Gasteiger charge is 2.50. The van der Waals surface area contributed by atoms with E-state index in [4.69, 9.17) is 16.0 Å². The monoisotopic (exact) mass is 624 g/mol. The highest BCUT2D eigenvalue weighted by molar-refractivity contribution is 6.30. The number of carbonyl (C=O) groups is 3. The quantitative estimate of drug-likeness (QED) is 0.399. The maximum absolute atomic E-state index is 14.7. The van der Waals surface area contributed by atoms with Crippen molar-refractivity contribution in [1.29, 1.82) is 0 Å². The van der Waals surface area contributed by atoms with E-state index in [1.165, 1.54) is 12.5 Å². The third kappa shape index (κ3) is 6.71. The fraction of sp³-hybridized carbons (Fsp3) is 0.629. The van der Waals surface area contributed by atoms with Gasteiger partial charge in [0.2, 0.25) is 11.8 Å². The zero-order chi connectivity index (χ0) is 32.0. The van der Waals surface area contributed by atoms with Gasteiger partial charge in [-0.2, -0.15) is 0 Å². The number of carbonyl (C=O) groups excluding carboxylic acids is 3. The summed E-state index contributed by atoms with van der Waals surface area (Å²) >= 11 is 6.23. The third-order valence-electron chi connectivity index (χ3n) is 10.3. The molecule has 3 fully saturated rings. The molecule has 0 radical (unpaired) electrons. The van der Waals surface area contributed by atoms with Crippen molar-refractivity contribution >= 4 is 29.3 Å². The van der Waals surface area contributed by atoms with Crippen LogP contribution in [0.4, 0.5) is 0 Å². The summed E-state index contributed by atoms with van der Waals surface area (Å²) in [7, 11) is 3.48. The molecule has 8 nitrogen and oxygen atoms in total. The molecule has 4 atom stereocenters. The topological polar surface area (TPSA) is 77.3 Å². The van der Waals surface area contributed by atoms with E-state index in [0.717, 1.165) is 37.8 Å². The van der Waals surface area contributed by atoms with Crippen LogP contribution in [0.1, 0.15) is 88.6 Å². The van der Waals surface area contributed by atoms with E-state index in [9.17, 15) is 14.4 Å². The summed E-state index contributed by atoms with van der Waals surface area (Å²) in [5, 5.41) is 0.662. The summed E-state index contributed by atoms with van der Waals surface area (Å²) in [6.07, 6.45) is 7.29. The summed E-state index contributed by atoms with van der Waals surface area (Å²) in [4.78, 5) is 50.2. The van der Waals surface area contributed by atoms with Crippen LogP contribution >= 0.6 is 11.6 Å². The summed E-state index contributed by atoms with van der Waals surface area (Å²) in [5.41, 5.74) is 1.70. The Morgan fingerprint density at radius 2 is 1.61 bits per heavy atom. The Bertz CT molecular complexity index is 1320. The Kier molecular flexibility index (Phi) is 9.26. The lowest BCUT2D eigenvalue weighted by Crippen LogP contribution is -2.51. The molecule has 3 heterocycles. The summed E-state index contributed by atoms with van der Waals surface area (Å²) in [5.74, 6) is -0.551. The molecule has 1 saturated carbocycles. The number of rotatable bonds is 6. The van der Waals surface area contributed by atoms with Crippen LogP contribution in [0.25, 0.3) is 0 Å². The predicted octanol–water partition coefficient (Wildman–Crippen LogP) is 5.92. The highest BCUT2D eigenvalue weighted by Crippen LogP contribution is 2.42. The van der Waals surface area contributed by atoms with Gasteiger partial charge in [0.25, 0.3) is 5.91 Å². The number of benzene rings is 1. The maximum atomic E-state index is 14.7. The number of likely N-dealkylation sites (tertiary alicyclic amines) is 2. The first-order valence-electron chi connectivity index (χ1n) is 16.0. The minimum Gasteiger partial charge on any atom is -0.472 e. The fourth-order valence-electron chi connectivity index (χ4n) is 7.48. The van der Waals surface area contributed by atoms with E-state index >= 15 is 0 Å². The average Bonchev–Trinajstić information content (AvgIpc) is 3.73. The standard InChI is InChI=1S/C35H49ClN4O4/c1-34(2,3)38-20-28(23-8-10-25(36)11-9-23)29(21-38)32(42)39-19-27(18-30(39)33(43)37(6)7)40(31(41)24-14-17-44-22-24)26-12-15-35(4,5)16-13-26/h8-11,14,17,22,26-30H,12-13,15-16,18-21H2,1-7H3/t27-,28-,29+,30-/m0/s1. The molecular formula is C35H49ClN4O4. The van der Waals surface area contributed by atoms with Crippen molar-refractivity contribution in [2.75, 3.05) is 33.7 Å². The molecule has 2 saturated heterocycles. The number of halogens is 1. The molecule has 3 amide bonds. The molecule has 240 valence electrons. The van der Waals surface area contributed by atoms with Crippen LogP contribution in [0.5, 0.6) is 0 Å². The van der Waals surface area contributed by atoms with Crippen molar-refractivity contribution < 1.29 is 18.8 Å². The van der Waals surface area contributed by atoms with Gasteiger partial charge in [0, 0.05) is 56.3 Å². The first-order chi connectivity index (χ1) is 20.7. The Balaban J connectivity index is 1.48. The SMILES string of the molecule is CN(C)C(=O)[C@@H]1C[C@H](N(C(=O)c2ccoc2)C2CCC(C)(C)CC2)CN1C(=O)[C@@H]1CN(C(C)(C)C)C[C@H]1c1ccc(Cl)cc1. The lowest BCUT2D eigenvalue weighted by molar-refractivity contribution is -0.144. The van der Waals surface area contributed by atoms with Crippen molar-refractivity contribution in [3.63, 3.8) is 0 Å². The number of amides is 3. The second-order valence-electron chi connectivity index (χ2n) is 15.1. The third-order valence-corrected chi connectivity index (χ3v) is 10.5. The molecule has 0 N–H and O–H groups in total. The van der Waals surface area contributed by atoms with Gasteiger partial charge in [-0.15, -0.1) is 0 Å². The second-order valence-corrected chi connectivity index (χ2v) is 15.5. The molecule has 44 heavy (non-hydrogen) atoms. The molecule has 0 unspecified atom stereocenters. The molecule has 1 aromatic carbocycles. The average molecular weight is 625 g/mol. The summed E-state index contributed by atoms with van der Waals surface area (Å²) in [6, 6.07) is 8.66. The van der Waals surface area contributed by atoms with Crippen LogP contribution in [0.2, 0.25) is 5.02 Å². The molecular weight excluding hydrogens is 576 g/mol. The van der Waals surface area contributed by atoms with Crippen molar-refractivity contribution in [3.8, 4) is 0 Å². The van der Waals surface area contributed by atoms with Crippen LogP contribution < -0.4 is 0 Å². The molecule has 1 aromatic heterocycles. The van der Waals surface area contributed by atoms with E-state index < -0.39 is 6.04 Å². The van der Waals surface area contributed by atoms with Gasteiger partial charge < -0.3 is 19.1 Å². The molecule has 3 aliphatic rings. The van der Waals surface area contributed by atoms with Crippen molar-refractivity contribution in [2.45, 2.75) is 96.3 Å². The van der Waals surface area contributed by atoms with Gasteiger partial charge in [0.1, 0.15) is 12.3 Å². The number of hydrogen-bond acceptors (Lipinski definition) is 5. The van der Waals surface area contributed by atoms with Crippen LogP contribution in [0.3, 0.4) is 0 Å². The van der Waals surface area contributed by atoms with Gasteiger partial charge in [-0.25, -0.2) is 0 Å². The number of nitrogens with zero attached hydrogens (tertiary/aromatic N) is 4. The molecule has 5 rings (SSSR count). The van der Waals surface area contributed by atoms with E-state index in [0.29, 0.717) is 30.1 Å². The molecule has 2 aliphatic heterocycles. The Morgan fingerprint density at radius 3 is 2.18 bits per heavy atom. The smallest absolute Gasteiger partial charge is 0.257 e. The maximum Gasteiger partial charge on any atom is 0.257 e. The number of likely N-dealkylation sites (N-methyl/N-ethyl adjacent to an activating group) is 1. The van der Waals surface area contributed by atoms with E-state index in [2.05, 4.69) is 39.5 Å². The first kappa shape index (κ1) is 32.6. The van der Waals surface area contributed by atoms with Gasteiger partial charge in [0.15, 0.2) is 0 Å². The molecule has 0 spiro atoms. The first-order valence-corrected chi connectivity index (χ1v) is 16.4. The van der Waals surface area contributed by atoms with Crippen LogP contribution in [0, 0.1) is 11.3 Å². The number of hydrogen-bond donors (Lipinski definition) is 0.